The van der Waals surface area contributed by atoms with Crippen molar-refractivity contribution in [3.8, 4) is 0 Å². The van der Waals surface area contributed by atoms with Crippen LogP contribution in [0.4, 0.5) is 0 Å². The molecule has 0 fully saturated rings. The number of rotatable bonds is 1. The first-order valence-corrected chi connectivity index (χ1v) is 5.20. The number of hydrogen-bond acceptors (Lipinski definition) is 2. The molecule has 1 N–H and O–H groups in total. The molecule has 4 nitrogen and oxygen atoms in total. The molecule has 0 atom stereocenters. The SMILES string of the molecule is CNC(=O)c1cn(C)cc(C(C)(C)C)c1=O. The quantitative estimate of drug-likeness (QED) is 0.772. The summed E-state index contributed by atoms with van der Waals surface area (Å²) in [4.78, 5) is 23.6. The number of pyridine rings is 1. The fourth-order valence-electron chi connectivity index (χ4n) is 1.54. The van der Waals surface area contributed by atoms with Crippen molar-refractivity contribution in [1.29, 1.82) is 0 Å². The van der Waals surface area contributed by atoms with Crippen LogP contribution in [0.3, 0.4) is 0 Å². The van der Waals surface area contributed by atoms with Crippen LogP contribution in [0.15, 0.2) is 17.2 Å². The van der Waals surface area contributed by atoms with Gasteiger partial charge in [0.05, 0.1) is 0 Å². The van der Waals surface area contributed by atoms with Crippen LogP contribution in [0, 0.1) is 0 Å². The van der Waals surface area contributed by atoms with Crippen LogP contribution in [0.25, 0.3) is 0 Å². The molecule has 0 radical (unpaired) electrons. The number of amides is 1. The fourth-order valence-corrected chi connectivity index (χ4v) is 1.54. The smallest absolute Gasteiger partial charge is 0.256 e. The molecule has 0 saturated heterocycles. The van der Waals surface area contributed by atoms with Gasteiger partial charge in [-0.25, -0.2) is 0 Å². The summed E-state index contributed by atoms with van der Waals surface area (Å²) in [5.41, 5.74) is 0.386. The number of hydrogen-bond donors (Lipinski definition) is 1. The zero-order valence-electron chi connectivity index (χ0n) is 10.4. The molecule has 1 heterocycles. The van der Waals surface area contributed by atoms with Crippen LogP contribution in [0.2, 0.25) is 0 Å². The van der Waals surface area contributed by atoms with E-state index in [0.717, 1.165) is 0 Å². The van der Waals surface area contributed by atoms with E-state index in [1.165, 1.54) is 7.05 Å². The standard InChI is InChI=1S/C12H18N2O2/c1-12(2,3)9-7-14(5)6-8(10(9)15)11(16)13-4/h6-7H,1-5H3,(H,13,16). The molecule has 0 aliphatic carbocycles. The Morgan fingerprint density at radius 3 is 2.31 bits per heavy atom. The van der Waals surface area contributed by atoms with E-state index in [9.17, 15) is 9.59 Å². The fraction of sp³-hybridized carbons (Fsp3) is 0.500. The number of carbonyl (C=O) groups excluding carboxylic acids is 1. The van der Waals surface area contributed by atoms with E-state index in [1.807, 2.05) is 20.8 Å². The van der Waals surface area contributed by atoms with Crippen molar-refractivity contribution in [2.45, 2.75) is 26.2 Å². The van der Waals surface area contributed by atoms with Crippen LogP contribution in [-0.2, 0) is 12.5 Å². The molecule has 16 heavy (non-hydrogen) atoms. The van der Waals surface area contributed by atoms with Crippen molar-refractivity contribution >= 4 is 5.91 Å². The lowest BCUT2D eigenvalue weighted by Gasteiger charge is -2.19. The molecule has 0 unspecified atom stereocenters. The number of aryl methyl sites for hydroxylation is 1. The van der Waals surface area contributed by atoms with Gasteiger partial charge >= 0.3 is 0 Å². The highest BCUT2D eigenvalue weighted by molar-refractivity contribution is 5.93. The Morgan fingerprint density at radius 2 is 1.88 bits per heavy atom. The van der Waals surface area contributed by atoms with Gasteiger partial charge in [0.15, 0.2) is 5.43 Å². The molecule has 1 amide bonds. The molecule has 0 aromatic carbocycles. The maximum absolute atomic E-state index is 12.1. The Bertz CT molecular complexity index is 467. The first-order chi connectivity index (χ1) is 7.27. The Balaban J connectivity index is 3.51. The third-order valence-electron chi connectivity index (χ3n) is 2.43. The zero-order chi connectivity index (χ0) is 12.5. The average molecular weight is 222 g/mol. The van der Waals surface area contributed by atoms with Gasteiger partial charge in [0.25, 0.3) is 5.91 Å². The average Bonchev–Trinajstić information content (AvgIpc) is 2.18. The largest absolute Gasteiger partial charge is 0.356 e. The third kappa shape index (κ3) is 2.32. The van der Waals surface area contributed by atoms with E-state index in [0.29, 0.717) is 5.56 Å². The Labute approximate surface area is 95.3 Å². The minimum Gasteiger partial charge on any atom is -0.356 e. The lowest BCUT2D eigenvalue weighted by Crippen LogP contribution is -2.32. The van der Waals surface area contributed by atoms with E-state index in [1.54, 1.807) is 24.0 Å². The van der Waals surface area contributed by atoms with Gasteiger partial charge in [0, 0.05) is 32.1 Å². The van der Waals surface area contributed by atoms with Crippen molar-refractivity contribution in [1.82, 2.24) is 9.88 Å². The predicted octanol–water partition coefficient (Wildman–Crippen LogP) is 1.04. The summed E-state index contributed by atoms with van der Waals surface area (Å²) >= 11 is 0. The van der Waals surface area contributed by atoms with Gasteiger partial charge in [0.1, 0.15) is 5.56 Å². The van der Waals surface area contributed by atoms with Gasteiger partial charge in [-0.3, -0.25) is 9.59 Å². The second-order valence-corrected chi connectivity index (χ2v) is 4.91. The van der Waals surface area contributed by atoms with Crippen molar-refractivity contribution in [3.63, 3.8) is 0 Å². The van der Waals surface area contributed by atoms with Crippen LogP contribution >= 0.6 is 0 Å². The van der Waals surface area contributed by atoms with Gasteiger partial charge in [-0.1, -0.05) is 20.8 Å². The maximum Gasteiger partial charge on any atom is 0.256 e. The molecule has 0 aliphatic heterocycles. The van der Waals surface area contributed by atoms with Gasteiger partial charge < -0.3 is 9.88 Å². The normalized spacial score (nSPS) is 11.3. The second-order valence-electron chi connectivity index (χ2n) is 4.91. The minimum absolute atomic E-state index is 0.190. The molecule has 4 heteroatoms. The molecule has 1 rings (SSSR count). The first-order valence-electron chi connectivity index (χ1n) is 5.20. The lowest BCUT2D eigenvalue weighted by atomic mass is 9.87. The van der Waals surface area contributed by atoms with Crippen LogP contribution in [-0.4, -0.2) is 17.5 Å². The van der Waals surface area contributed by atoms with Crippen molar-refractivity contribution in [3.05, 3.63) is 33.7 Å². The van der Waals surface area contributed by atoms with Crippen LogP contribution in [0.5, 0.6) is 0 Å². The number of aromatic nitrogens is 1. The van der Waals surface area contributed by atoms with Crippen LogP contribution < -0.4 is 10.7 Å². The number of carbonyl (C=O) groups is 1. The Morgan fingerprint density at radius 1 is 1.31 bits per heavy atom. The summed E-state index contributed by atoms with van der Waals surface area (Å²) in [6, 6.07) is 0. The van der Waals surface area contributed by atoms with E-state index >= 15 is 0 Å². The summed E-state index contributed by atoms with van der Waals surface area (Å²) < 4.78 is 1.74. The molecule has 0 bridgehead atoms. The molecule has 1 aromatic rings. The number of nitrogens with zero attached hydrogens (tertiary/aromatic N) is 1. The molecular formula is C12H18N2O2. The minimum atomic E-state index is -0.341. The molecule has 0 spiro atoms. The lowest BCUT2D eigenvalue weighted by molar-refractivity contribution is 0.0961. The van der Waals surface area contributed by atoms with Crippen molar-refractivity contribution in [2.24, 2.45) is 7.05 Å². The molecule has 0 aliphatic rings. The van der Waals surface area contributed by atoms with E-state index in [-0.39, 0.29) is 22.3 Å². The Hall–Kier alpha value is -1.58. The highest BCUT2D eigenvalue weighted by Crippen LogP contribution is 2.18. The molecule has 0 saturated carbocycles. The summed E-state index contributed by atoms with van der Waals surface area (Å²) in [5.74, 6) is -0.341. The Kier molecular flexibility index (Phi) is 3.21. The van der Waals surface area contributed by atoms with Crippen molar-refractivity contribution < 1.29 is 4.79 Å². The zero-order valence-corrected chi connectivity index (χ0v) is 10.4. The van der Waals surface area contributed by atoms with Gasteiger partial charge in [-0.15, -0.1) is 0 Å². The van der Waals surface area contributed by atoms with Gasteiger partial charge in [-0.05, 0) is 5.41 Å². The van der Waals surface area contributed by atoms with Gasteiger partial charge in [0.2, 0.25) is 0 Å². The van der Waals surface area contributed by atoms with E-state index in [4.69, 9.17) is 0 Å². The number of nitrogens with one attached hydrogen (secondary N) is 1. The summed E-state index contributed by atoms with van der Waals surface area (Å²) in [5, 5.41) is 2.48. The summed E-state index contributed by atoms with van der Waals surface area (Å²) in [6.07, 6.45) is 3.32. The van der Waals surface area contributed by atoms with Gasteiger partial charge in [-0.2, -0.15) is 0 Å². The monoisotopic (exact) mass is 222 g/mol. The predicted molar refractivity (Wildman–Crippen MR) is 63.8 cm³/mol. The topological polar surface area (TPSA) is 51.1 Å². The second kappa shape index (κ2) is 4.12. The first kappa shape index (κ1) is 12.5. The van der Waals surface area contributed by atoms with Crippen LogP contribution in [0.1, 0.15) is 36.7 Å². The highest BCUT2D eigenvalue weighted by Gasteiger charge is 2.21. The summed E-state index contributed by atoms with van der Waals surface area (Å²) in [6.45, 7) is 5.87. The molecule has 88 valence electrons. The third-order valence-corrected chi connectivity index (χ3v) is 2.43. The van der Waals surface area contributed by atoms with E-state index in [2.05, 4.69) is 5.32 Å². The molecular weight excluding hydrogens is 204 g/mol. The highest BCUT2D eigenvalue weighted by atomic mass is 16.2. The maximum atomic E-state index is 12.1. The summed E-state index contributed by atoms with van der Waals surface area (Å²) in [7, 11) is 3.33. The van der Waals surface area contributed by atoms with Crippen molar-refractivity contribution in [2.75, 3.05) is 7.05 Å². The van der Waals surface area contributed by atoms with E-state index < -0.39 is 0 Å². The molecule has 1 aromatic heterocycles.